The molecule has 0 bridgehead atoms. The fraction of sp³-hybridized carbons (Fsp3) is 0.407. The van der Waals surface area contributed by atoms with E-state index in [0.717, 1.165) is 11.3 Å². The second-order valence-electron chi connectivity index (χ2n) is 7.33. The second-order valence-corrected chi connectivity index (χ2v) is 10.3. The van der Waals surface area contributed by atoms with Crippen LogP contribution in [0.25, 0.3) is 0 Å². The van der Waals surface area contributed by atoms with Gasteiger partial charge in [-0.2, -0.15) is 5.26 Å². The smallest absolute Gasteiger partial charge is 0.266 e. The Balaban J connectivity index is 0.00000107. The Morgan fingerprint density at radius 3 is 2.29 bits per heavy atom. The molecular weight excluding hydrogens is 570 g/mol. The molecule has 38 heavy (non-hydrogen) atoms. The molecule has 2 heterocycles. The van der Waals surface area contributed by atoms with Crippen LogP contribution in [-0.4, -0.2) is 38.0 Å². The van der Waals surface area contributed by atoms with Crippen molar-refractivity contribution in [3.8, 4) is 6.07 Å². The van der Waals surface area contributed by atoms with Crippen LogP contribution in [0.3, 0.4) is 0 Å². The first-order chi connectivity index (χ1) is 18.3. The summed E-state index contributed by atoms with van der Waals surface area (Å²) in [6.07, 6.45) is 8.46. The van der Waals surface area contributed by atoms with E-state index in [0.29, 0.717) is 22.2 Å². The molecule has 1 aliphatic heterocycles. The fourth-order valence-electron chi connectivity index (χ4n) is 3.00. The average molecular weight is 609 g/mol. The number of H-pyrrole nitrogens is 1. The van der Waals surface area contributed by atoms with Gasteiger partial charge >= 0.3 is 0 Å². The molecule has 0 saturated carbocycles. The lowest BCUT2D eigenvalue weighted by Gasteiger charge is -2.20. The number of allylic oxidation sites excluding steroid dienone is 4. The van der Waals surface area contributed by atoms with Gasteiger partial charge in [-0.05, 0) is 57.2 Å². The van der Waals surface area contributed by atoms with Gasteiger partial charge < -0.3 is 9.72 Å². The van der Waals surface area contributed by atoms with E-state index in [-0.39, 0.29) is 23.5 Å². The van der Waals surface area contributed by atoms with Gasteiger partial charge in [0.15, 0.2) is 0 Å². The number of rotatable bonds is 6. The molecule has 0 saturated heterocycles. The highest BCUT2D eigenvalue weighted by Crippen LogP contribution is 2.33. The van der Waals surface area contributed by atoms with E-state index in [4.69, 9.17) is 10.00 Å². The second kappa shape index (κ2) is 20.0. The number of hydrogen-bond donors (Lipinski definition) is 2. The Kier molecular flexibility index (Phi) is 18.4. The first-order valence-corrected chi connectivity index (χ1v) is 14.4. The van der Waals surface area contributed by atoms with Gasteiger partial charge in [0.1, 0.15) is 12.4 Å². The molecule has 11 heteroatoms. The summed E-state index contributed by atoms with van der Waals surface area (Å²) in [7, 11) is 0.862. The number of nitriles is 1. The number of ether oxygens (including phenoxy) is 1. The number of benzene rings is 1. The lowest BCUT2D eigenvalue weighted by atomic mass is 9.92. The molecule has 2 aromatic rings. The summed E-state index contributed by atoms with van der Waals surface area (Å²) in [5.41, 5.74) is 2.32. The van der Waals surface area contributed by atoms with Crippen molar-refractivity contribution in [3.63, 3.8) is 0 Å². The van der Waals surface area contributed by atoms with Crippen LogP contribution in [0, 0.1) is 21.4 Å². The van der Waals surface area contributed by atoms with Crippen molar-refractivity contribution in [1.82, 2.24) is 14.7 Å². The molecule has 9 nitrogen and oxygen atoms in total. The SMILES string of the molecule is CC.CC.CNS(=O)C(C)C.N#Cc1ccc(C(/C2=C/C/C=C([N+](=O)[O-])\C=C(\Br)CO2)c2cnc[nH]2)cc1. The monoisotopic (exact) mass is 607 g/mol. The topological polar surface area (TPSA) is 134 Å². The summed E-state index contributed by atoms with van der Waals surface area (Å²) in [6.45, 7) is 12.0. The van der Waals surface area contributed by atoms with Gasteiger partial charge in [-0.15, -0.1) is 0 Å². The number of hydrogen-bond acceptors (Lipinski definition) is 6. The maximum atomic E-state index is 11.1. The number of nitrogens with zero attached hydrogens (tertiary/aromatic N) is 3. The molecule has 1 aromatic heterocycles. The molecule has 0 amide bonds. The maximum Gasteiger partial charge on any atom is 0.266 e. The van der Waals surface area contributed by atoms with E-state index < -0.39 is 15.9 Å². The van der Waals surface area contributed by atoms with E-state index in [1.165, 1.54) is 6.08 Å². The number of nitro groups is 1. The Bertz CT molecular complexity index is 1120. The van der Waals surface area contributed by atoms with Gasteiger partial charge in [-0.1, -0.05) is 55.8 Å². The normalized spacial score (nSPS) is 18.3. The summed E-state index contributed by atoms with van der Waals surface area (Å²) < 4.78 is 19.7. The predicted octanol–water partition coefficient (Wildman–Crippen LogP) is 6.49. The van der Waals surface area contributed by atoms with E-state index in [2.05, 4.69) is 36.7 Å². The Hall–Kier alpha value is -3.07. The number of imidazole rings is 1. The third-order valence-corrected chi connectivity index (χ3v) is 6.37. The van der Waals surface area contributed by atoms with Gasteiger partial charge in [0.25, 0.3) is 5.70 Å². The van der Waals surface area contributed by atoms with Crippen molar-refractivity contribution in [1.29, 1.82) is 5.26 Å². The van der Waals surface area contributed by atoms with Gasteiger partial charge in [0, 0.05) is 27.7 Å². The standard InChI is InChI=1S/C19H15BrN4O3.C4H11NOS.2C2H6/c20-15-8-16(24(25)26)2-1-3-18(27-11-15)19(17-10-22-12-23-17)14-6-4-13(9-21)5-7-14;1-4(2)7(6)5-3;2*1-2/h2-8,10,12,19H,1,11H2,(H,22,23);4-5H,1-3H3;2*1-2H3/b15-8+,16-2+,18-3-;;;. The van der Waals surface area contributed by atoms with E-state index >= 15 is 0 Å². The van der Waals surface area contributed by atoms with E-state index in [9.17, 15) is 14.3 Å². The van der Waals surface area contributed by atoms with Gasteiger partial charge in [-0.25, -0.2) is 13.9 Å². The van der Waals surface area contributed by atoms with Crippen LogP contribution in [0.4, 0.5) is 0 Å². The number of aromatic amines is 1. The Morgan fingerprint density at radius 2 is 1.84 bits per heavy atom. The first kappa shape index (κ1) is 34.9. The molecule has 2 atom stereocenters. The quantitative estimate of drug-likeness (QED) is 0.285. The van der Waals surface area contributed by atoms with Crippen molar-refractivity contribution >= 4 is 26.9 Å². The summed E-state index contributed by atoms with van der Waals surface area (Å²) in [6, 6.07) is 9.32. The van der Waals surface area contributed by atoms with Crippen LogP contribution >= 0.6 is 15.9 Å². The molecule has 0 aliphatic carbocycles. The molecule has 1 aliphatic rings. The fourth-order valence-corrected chi connectivity index (χ4v) is 3.82. The molecule has 2 N–H and O–H groups in total. The van der Waals surface area contributed by atoms with Crippen molar-refractivity contribution in [2.45, 2.75) is 59.1 Å². The predicted molar refractivity (Wildman–Crippen MR) is 157 cm³/mol. The minimum Gasteiger partial charge on any atom is -0.492 e. The average Bonchev–Trinajstić information content (AvgIpc) is 3.49. The van der Waals surface area contributed by atoms with E-state index in [1.54, 1.807) is 37.8 Å². The van der Waals surface area contributed by atoms with Crippen LogP contribution in [0.1, 0.15) is 70.7 Å². The van der Waals surface area contributed by atoms with Crippen LogP contribution in [0.2, 0.25) is 0 Å². The Morgan fingerprint density at radius 1 is 1.21 bits per heavy atom. The number of halogens is 1. The van der Waals surface area contributed by atoms with Crippen LogP contribution in [0.5, 0.6) is 0 Å². The van der Waals surface area contributed by atoms with Crippen LogP contribution in [0.15, 0.2) is 71.0 Å². The van der Waals surface area contributed by atoms with E-state index in [1.807, 2.05) is 59.8 Å². The van der Waals surface area contributed by atoms with Crippen molar-refractivity contribution in [3.05, 3.63) is 97.9 Å². The summed E-state index contributed by atoms with van der Waals surface area (Å²) in [4.78, 5) is 17.9. The molecule has 0 fully saturated rings. The third kappa shape index (κ3) is 12.0. The summed E-state index contributed by atoms with van der Waals surface area (Å²) in [5, 5.41) is 20.4. The Labute approximate surface area is 237 Å². The van der Waals surface area contributed by atoms with Gasteiger partial charge in [0.2, 0.25) is 0 Å². The molecule has 0 spiro atoms. The third-order valence-electron chi connectivity index (χ3n) is 4.66. The van der Waals surface area contributed by atoms with Gasteiger partial charge in [-0.3, -0.25) is 10.1 Å². The lowest BCUT2D eigenvalue weighted by Crippen LogP contribution is -2.19. The van der Waals surface area contributed by atoms with Gasteiger partial charge in [0.05, 0.1) is 39.8 Å². The highest BCUT2D eigenvalue weighted by Gasteiger charge is 2.23. The maximum absolute atomic E-state index is 11.1. The minimum atomic E-state index is -0.829. The molecule has 208 valence electrons. The first-order valence-electron chi connectivity index (χ1n) is 12.4. The zero-order chi connectivity index (χ0) is 29.1. The highest BCUT2D eigenvalue weighted by atomic mass is 79.9. The lowest BCUT2D eigenvalue weighted by molar-refractivity contribution is -0.419. The minimum absolute atomic E-state index is 0.0134. The van der Waals surface area contributed by atoms with Crippen LogP contribution in [-0.2, 0) is 15.7 Å². The van der Waals surface area contributed by atoms with Crippen LogP contribution < -0.4 is 4.72 Å². The zero-order valence-corrected chi connectivity index (χ0v) is 25.4. The molecule has 0 radical (unpaired) electrons. The summed E-state index contributed by atoms with van der Waals surface area (Å²) >= 11 is 3.32. The zero-order valence-electron chi connectivity index (χ0n) is 23.0. The molecule has 1 aromatic carbocycles. The molecule has 3 rings (SSSR count). The molecule has 2 unspecified atom stereocenters. The highest BCUT2D eigenvalue weighted by molar-refractivity contribution is 9.11. The largest absolute Gasteiger partial charge is 0.492 e. The van der Waals surface area contributed by atoms with Crippen molar-refractivity contribution in [2.75, 3.05) is 13.7 Å². The molecular formula is C27H38BrN5O4S. The summed E-state index contributed by atoms with van der Waals surface area (Å²) in [5.74, 6) is 0.376. The number of aromatic nitrogens is 2. The number of nitrogens with one attached hydrogen (secondary N) is 2. The van der Waals surface area contributed by atoms with Crippen molar-refractivity contribution < 1.29 is 13.9 Å². The van der Waals surface area contributed by atoms with Crippen molar-refractivity contribution in [2.24, 2.45) is 0 Å².